The number of amides is 6. The van der Waals surface area contributed by atoms with Gasteiger partial charge in [0.1, 0.15) is 42.7 Å². The highest BCUT2D eigenvalue weighted by molar-refractivity contribution is 6.40. The van der Waals surface area contributed by atoms with E-state index in [1.165, 1.54) is 101 Å². The van der Waals surface area contributed by atoms with Crippen molar-refractivity contribution in [2.75, 3.05) is 104 Å². The van der Waals surface area contributed by atoms with Crippen LogP contribution in [0.5, 0.6) is 0 Å². The molecule has 0 aromatic rings. The number of nitrogens with zero attached hydrogens (tertiary/aromatic N) is 5. The zero-order valence-corrected chi connectivity index (χ0v) is 52.0. The molecule has 6 saturated heterocycles. The smallest absolute Gasteiger partial charge is 0.465 e. The molecule has 0 aromatic heterocycles. The molecule has 10 atom stereocenters. The Morgan fingerprint density at radius 1 is 0.600 bits per heavy atom. The van der Waals surface area contributed by atoms with Gasteiger partial charge in [0.15, 0.2) is 0 Å². The number of fused-ring (bicyclic) bond motifs is 11. The molecule has 10 unspecified atom stereocenters. The van der Waals surface area contributed by atoms with E-state index in [2.05, 4.69) is 9.89 Å². The summed E-state index contributed by atoms with van der Waals surface area (Å²) in [6, 6.07) is 0. The molecule has 28 nitrogen and oxygen atoms in total. The van der Waals surface area contributed by atoms with E-state index in [-0.39, 0.29) is 140 Å². The minimum absolute atomic E-state index is 0. The van der Waals surface area contributed by atoms with E-state index in [4.69, 9.17) is 65.8 Å². The molecule has 2 N–H and O–H groups in total. The van der Waals surface area contributed by atoms with Crippen LogP contribution in [-0.2, 0) is 95.4 Å². The number of aliphatic imine (C=N–C) groups is 1. The molecule has 90 heavy (non-hydrogen) atoms. The number of alkyl halides is 2. The van der Waals surface area contributed by atoms with E-state index in [0.29, 0.717) is 6.42 Å². The van der Waals surface area contributed by atoms with Gasteiger partial charge >= 0.3 is 36.0 Å². The molecule has 6 amide bonds. The molecule has 0 aromatic carbocycles. The normalized spacial score (nSPS) is 26.3. The Balaban J connectivity index is 0.000000221. The second-order valence-electron chi connectivity index (χ2n) is 23.2. The van der Waals surface area contributed by atoms with Gasteiger partial charge in [-0.15, -0.1) is 23.2 Å². The van der Waals surface area contributed by atoms with Gasteiger partial charge in [0, 0.05) is 71.7 Å². The monoisotopic (exact) mass is 1310 g/mol. The van der Waals surface area contributed by atoms with Crippen molar-refractivity contribution >= 4 is 100 Å². The van der Waals surface area contributed by atoms with Gasteiger partial charge in [-0.05, 0) is 59.3 Å². The van der Waals surface area contributed by atoms with Crippen LogP contribution in [-0.4, -0.2) is 236 Å². The zero-order valence-electron chi connectivity index (χ0n) is 50.5. The summed E-state index contributed by atoms with van der Waals surface area (Å²) in [7, 11) is 0. The minimum atomic E-state index is -1.36. The highest BCUT2D eigenvalue weighted by Crippen LogP contribution is 2.46. The topological polar surface area (TPSA) is 354 Å². The van der Waals surface area contributed by atoms with Gasteiger partial charge in [-0.3, -0.25) is 72.4 Å². The van der Waals surface area contributed by atoms with E-state index < -0.39 is 101 Å². The number of amidine groups is 1. The predicted molar refractivity (Wildman–Crippen MR) is 315 cm³/mol. The summed E-state index contributed by atoms with van der Waals surface area (Å²) in [5, 5.41) is 18.9. The van der Waals surface area contributed by atoms with Crippen LogP contribution in [0.1, 0.15) is 93.4 Å². The highest BCUT2D eigenvalue weighted by atomic mass is 35.5. The molecule has 10 aliphatic rings. The van der Waals surface area contributed by atoms with Gasteiger partial charge in [-0.2, -0.15) is 0 Å². The Morgan fingerprint density at radius 3 is 1.39 bits per heavy atom. The molecule has 10 rings (SSSR count). The summed E-state index contributed by atoms with van der Waals surface area (Å²) in [6.45, 7) is 9.04. The van der Waals surface area contributed by atoms with E-state index in [9.17, 15) is 67.7 Å². The number of imide groups is 3. The fraction of sp³-hybridized carbons (Fsp3) is 0.683. The minimum Gasteiger partial charge on any atom is -0.465 e. The van der Waals surface area contributed by atoms with E-state index in [0.717, 1.165) is 11.4 Å². The molecule has 500 valence electrons. The van der Waals surface area contributed by atoms with Crippen molar-refractivity contribution in [1.29, 1.82) is 0 Å². The van der Waals surface area contributed by atoms with Gasteiger partial charge in [-0.1, -0.05) is 38.2 Å². The summed E-state index contributed by atoms with van der Waals surface area (Å²) < 4.78 is 45.4. The van der Waals surface area contributed by atoms with Crippen molar-refractivity contribution in [3.8, 4) is 0 Å². The van der Waals surface area contributed by atoms with Crippen molar-refractivity contribution in [3.05, 3.63) is 36.5 Å². The first-order valence-corrected chi connectivity index (χ1v) is 30.6. The lowest BCUT2D eigenvalue weighted by Gasteiger charge is -2.29. The Hall–Kier alpha value is -6.85. The maximum Gasteiger partial charge on any atom is 0.508 e. The number of carbonyl (C=O) groups is 12. The van der Waals surface area contributed by atoms with Crippen LogP contribution in [0, 0.1) is 39.9 Å². The Labute approximate surface area is 531 Å². The molecule has 10 aliphatic heterocycles. The number of hydrogen-bond acceptors (Lipinski definition) is 25. The number of aliphatic hydroxyl groups excluding tert-OH is 2. The number of hydrogen-bond donors (Lipinski definition) is 2. The summed E-state index contributed by atoms with van der Waals surface area (Å²) in [5.41, 5.74) is -3.75. The molecule has 4 bridgehead atoms. The number of carbonyl (C=O) groups excluding carboxylic acids is 12. The van der Waals surface area contributed by atoms with Crippen LogP contribution >= 0.6 is 23.2 Å². The molecule has 6 fully saturated rings. The van der Waals surface area contributed by atoms with Gasteiger partial charge in [0.25, 0.3) is 11.8 Å². The number of esters is 5. The van der Waals surface area contributed by atoms with Gasteiger partial charge in [0.2, 0.25) is 23.6 Å². The third-order valence-electron chi connectivity index (χ3n) is 16.1. The van der Waals surface area contributed by atoms with Crippen LogP contribution in [0.15, 0.2) is 41.4 Å². The summed E-state index contributed by atoms with van der Waals surface area (Å²) in [4.78, 5) is 152. The van der Waals surface area contributed by atoms with Crippen molar-refractivity contribution in [3.63, 3.8) is 0 Å². The SMILES string of the molecule is C.C1CCC2=NCCCN2CC1.CC(=O)OCC(C)(CO)C(=O)OCCCN1C(=O)C2C3C=CC(O3)C2C1=O.CC(=O)OCC(C)(CO)C(=O)OCCCN1C(=O)C=CC1=O.CC1(C(=O)OCCCN2C(=O)C3C4C=CC(O4)C3C2=O)COC(=O)OC1.ClCCl. The first-order chi connectivity index (χ1) is 42.4. The maximum absolute atomic E-state index is 12.5. The number of likely N-dealkylation sites (tertiary alicyclic amines) is 2. The number of ether oxygens (including phenoxy) is 9. The molecular formula is C60H83Cl2N5O23. The van der Waals surface area contributed by atoms with Crippen LogP contribution in [0.4, 0.5) is 4.79 Å². The third-order valence-corrected chi connectivity index (χ3v) is 16.1. The number of halogens is 2. The lowest BCUT2D eigenvalue weighted by atomic mass is 9.85. The van der Waals surface area contributed by atoms with Crippen molar-refractivity contribution in [2.45, 2.75) is 118 Å². The maximum atomic E-state index is 12.5. The van der Waals surface area contributed by atoms with E-state index in [1.54, 1.807) is 6.92 Å². The van der Waals surface area contributed by atoms with Crippen LogP contribution < -0.4 is 0 Å². The number of rotatable bonds is 21. The van der Waals surface area contributed by atoms with Gasteiger partial charge in [0.05, 0.1) is 92.3 Å². The Morgan fingerprint density at radius 2 is 0.989 bits per heavy atom. The van der Waals surface area contributed by atoms with Crippen molar-refractivity contribution < 1.29 is 110 Å². The van der Waals surface area contributed by atoms with Crippen LogP contribution in [0.3, 0.4) is 0 Å². The molecule has 10 heterocycles. The van der Waals surface area contributed by atoms with E-state index >= 15 is 0 Å². The van der Waals surface area contributed by atoms with Crippen LogP contribution in [0.25, 0.3) is 0 Å². The predicted octanol–water partition coefficient (Wildman–Crippen LogP) is 2.58. The van der Waals surface area contributed by atoms with E-state index in [1.807, 2.05) is 24.3 Å². The zero-order chi connectivity index (χ0) is 65.2. The highest BCUT2D eigenvalue weighted by Gasteiger charge is 2.61. The van der Waals surface area contributed by atoms with Crippen molar-refractivity contribution in [1.82, 2.24) is 19.6 Å². The molecule has 0 radical (unpaired) electrons. The standard InChI is InChI=1S/C18H23NO8.C17H19NO8.C14H19NO7.C9H16N2.CH2Cl2.CH4/c1-10(21)26-9-18(2,8-20)17(24)25-7-3-6-19-15(22)13-11-4-5-12(27-11)14(13)16(19)23;1-17(7-24-16(22)25-8-17)15(21)23-6-2-5-18-13(19)11-9-3-4-10(26-9)12(11)14(18)20;1-10(17)22-9-14(2,8-16)13(20)21-7-3-6-15-11(18)4-5-12(15)19;1-2-5-9-10-6-4-8-11(9)7-3-1;2-1-3;/h4-5,11-14,20H,3,6-9H2,1-2H3;3-4,9-12H,2,5-8H2,1H3;4-5,16H,3,6-9H2,1-2H3;1-8H2;1H2;1H4. The van der Waals surface area contributed by atoms with Crippen LogP contribution in [0.2, 0.25) is 0 Å². The summed E-state index contributed by atoms with van der Waals surface area (Å²) >= 11 is 9.53. The first-order valence-electron chi connectivity index (χ1n) is 29.5. The average Bonchev–Trinajstić information content (AvgIpc) is 1.59. The fourth-order valence-electron chi connectivity index (χ4n) is 10.9. The first kappa shape index (κ1) is 73.9. The molecule has 0 aliphatic carbocycles. The van der Waals surface area contributed by atoms with Crippen molar-refractivity contribution in [2.24, 2.45) is 44.9 Å². The third kappa shape index (κ3) is 18.4. The molecule has 0 saturated carbocycles. The number of aliphatic hydroxyl groups is 2. The summed E-state index contributed by atoms with van der Waals surface area (Å²) in [6.07, 6.45) is 15.1. The molecule has 30 heteroatoms. The van der Waals surface area contributed by atoms with Gasteiger partial charge in [-0.25, -0.2) is 4.79 Å². The Kier molecular flexibility index (Phi) is 27.9. The largest absolute Gasteiger partial charge is 0.508 e. The second kappa shape index (κ2) is 34.0. The molecular weight excluding hydrogens is 1230 g/mol. The average molecular weight is 1310 g/mol. The number of cyclic esters (lactones) is 2. The quantitative estimate of drug-likeness (QED) is 0.0416. The summed E-state index contributed by atoms with van der Waals surface area (Å²) in [5.74, 6) is -5.17. The van der Waals surface area contributed by atoms with Gasteiger partial charge < -0.3 is 57.7 Å². The fourth-order valence-corrected chi connectivity index (χ4v) is 10.9. The lowest BCUT2D eigenvalue weighted by molar-refractivity contribution is -0.167. The second-order valence-corrected chi connectivity index (χ2v) is 24.0. The lowest BCUT2D eigenvalue weighted by Crippen LogP contribution is -2.44. The Bertz CT molecular complexity index is 2690. The molecule has 0 spiro atoms.